The number of hydrogen-bond acceptors (Lipinski definition) is 3. The number of ether oxygens (including phenoxy) is 1. The Hall–Kier alpha value is -0.120. The number of nitrogens with one attached hydrogen (secondary N) is 1. The predicted octanol–water partition coefficient (Wildman–Crippen LogP) is 1.34. The summed E-state index contributed by atoms with van der Waals surface area (Å²) in [5.74, 6) is 0. The normalized spacial score (nSPS) is 23.0. The Balaban J connectivity index is 2.18. The quantitative estimate of drug-likeness (QED) is 0.747. The molecule has 0 aromatic heterocycles. The molecule has 1 fully saturated rings. The van der Waals surface area contributed by atoms with E-state index in [0.29, 0.717) is 11.5 Å². The van der Waals surface area contributed by atoms with Crippen LogP contribution in [0, 0.1) is 5.41 Å². The molecule has 1 aliphatic rings. The molecule has 15 heavy (non-hydrogen) atoms. The van der Waals surface area contributed by atoms with Gasteiger partial charge < -0.3 is 15.0 Å². The van der Waals surface area contributed by atoms with Crippen molar-refractivity contribution in [3.8, 4) is 0 Å². The van der Waals surface area contributed by atoms with Crippen molar-refractivity contribution < 1.29 is 4.74 Å². The van der Waals surface area contributed by atoms with E-state index in [1.54, 1.807) is 0 Å². The second-order valence-electron chi connectivity index (χ2n) is 5.37. The molecule has 3 heteroatoms. The lowest BCUT2D eigenvalue weighted by Crippen LogP contribution is -2.42. The highest BCUT2D eigenvalue weighted by atomic mass is 16.5. The van der Waals surface area contributed by atoms with Crippen molar-refractivity contribution in [2.75, 3.05) is 40.4 Å². The minimum Gasteiger partial charge on any atom is -0.381 e. The van der Waals surface area contributed by atoms with Gasteiger partial charge in [-0.2, -0.15) is 0 Å². The molecule has 1 saturated heterocycles. The molecule has 3 nitrogen and oxygen atoms in total. The monoisotopic (exact) mass is 214 g/mol. The van der Waals surface area contributed by atoms with Crippen LogP contribution in [0.1, 0.15) is 26.7 Å². The largest absolute Gasteiger partial charge is 0.381 e. The average Bonchev–Trinajstić information content (AvgIpc) is 2.18. The summed E-state index contributed by atoms with van der Waals surface area (Å²) in [7, 11) is 4.25. The van der Waals surface area contributed by atoms with Crippen LogP contribution in [-0.4, -0.2) is 51.3 Å². The van der Waals surface area contributed by atoms with Crippen LogP contribution in [0.3, 0.4) is 0 Å². The van der Waals surface area contributed by atoms with Crippen LogP contribution >= 0.6 is 0 Å². The number of nitrogens with zero attached hydrogens (tertiary/aromatic N) is 1. The third-order valence-corrected chi connectivity index (χ3v) is 3.57. The molecule has 1 rings (SSSR count). The van der Waals surface area contributed by atoms with Gasteiger partial charge in [0.05, 0.1) is 0 Å². The van der Waals surface area contributed by atoms with Gasteiger partial charge in [0.2, 0.25) is 0 Å². The van der Waals surface area contributed by atoms with Gasteiger partial charge in [-0.05, 0) is 39.3 Å². The number of likely N-dealkylation sites (N-methyl/N-ethyl adjacent to an activating group) is 1. The third-order valence-electron chi connectivity index (χ3n) is 3.57. The second-order valence-corrected chi connectivity index (χ2v) is 5.37. The first-order chi connectivity index (χ1) is 7.03. The maximum Gasteiger partial charge on any atom is 0.0471 e. The molecule has 0 aromatic rings. The fraction of sp³-hybridized carbons (Fsp3) is 1.00. The van der Waals surface area contributed by atoms with Crippen molar-refractivity contribution in [3.63, 3.8) is 0 Å². The summed E-state index contributed by atoms with van der Waals surface area (Å²) >= 11 is 0. The highest BCUT2D eigenvalue weighted by Gasteiger charge is 2.26. The zero-order chi connectivity index (χ0) is 11.3. The van der Waals surface area contributed by atoms with Crippen LogP contribution in [0.25, 0.3) is 0 Å². The van der Waals surface area contributed by atoms with Gasteiger partial charge >= 0.3 is 0 Å². The zero-order valence-corrected chi connectivity index (χ0v) is 10.7. The summed E-state index contributed by atoms with van der Waals surface area (Å²) in [6.45, 7) is 8.67. The Kier molecular flexibility index (Phi) is 5.03. The molecule has 1 aliphatic heterocycles. The van der Waals surface area contributed by atoms with E-state index in [1.807, 2.05) is 0 Å². The Morgan fingerprint density at radius 3 is 2.47 bits per heavy atom. The standard InChI is InChI=1S/C12H26N2O/c1-11(14(3)4)9-13-10-12(2)5-7-15-8-6-12/h11,13H,5-10H2,1-4H3. The molecular formula is C12H26N2O. The minimum atomic E-state index is 0.449. The lowest BCUT2D eigenvalue weighted by atomic mass is 9.82. The van der Waals surface area contributed by atoms with Gasteiger partial charge in [-0.15, -0.1) is 0 Å². The lowest BCUT2D eigenvalue weighted by Gasteiger charge is -2.34. The summed E-state index contributed by atoms with van der Waals surface area (Å²) in [6, 6.07) is 0.605. The van der Waals surface area contributed by atoms with E-state index >= 15 is 0 Å². The fourth-order valence-corrected chi connectivity index (χ4v) is 1.81. The van der Waals surface area contributed by atoms with Crippen molar-refractivity contribution in [2.45, 2.75) is 32.7 Å². The molecule has 1 heterocycles. The summed E-state index contributed by atoms with van der Waals surface area (Å²) in [5.41, 5.74) is 0.449. The molecule has 0 amide bonds. The molecule has 0 saturated carbocycles. The van der Waals surface area contributed by atoms with Gasteiger partial charge in [0.15, 0.2) is 0 Å². The summed E-state index contributed by atoms with van der Waals surface area (Å²) in [6.07, 6.45) is 2.38. The van der Waals surface area contributed by atoms with Crippen molar-refractivity contribution >= 4 is 0 Å². The predicted molar refractivity (Wildman–Crippen MR) is 64.2 cm³/mol. The molecule has 1 N–H and O–H groups in total. The van der Waals surface area contributed by atoms with E-state index in [9.17, 15) is 0 Å². The van der Waals surface area contributed by atoms with Gasteiger partial charge in [0, 0.05) is 32.3 Å². The van der Waals surface area contributed by atoms with E-state index in [1.165, 1.54) is 12.8 Å². The van der Waals surface area contributed by atoms with E-state index in [-0.39, 0.29) is 0 Å². The van der Waals surface area contributed by atoms with Gasteiger partial charge in [0.25, 0.3) is 0 Å². The molecule has 90 valence electrons. The van der Waals surface area contributed by atoms with E-state index < -0.39 is 0 Å². The van der Waals surface area contributed by atoms with Gasteiger partial charge in [-0.1, -0.05) is 6.92 Å². The summed E-state index contributed by atoms with van der Waals surface area (Å²) in [5, 5.41) is 3.58. The van der Waals surface area contributed by atoms with Crippen LogP contribution in [0.2, 0.25) is 0 Å². The number of hydrogen-bond donors (Lipinski definition) is 1. The molecule has 0 radical (unpaired) electrons. The maximum absolute atomic E-state index is 5.39. The smallest absolute Gasteiger partial charge is 0.0471 e. The summed E-state index contributed by atoms with van der Waals surface area (Å²) < 4.78 is 5.39. The Bertz CT molecular complexity index is 176. The maximum atomic E-state index is 5.39. The molecule has 1 unspecified atom stereocenters. The highest BCUT2D eigenvalue weighted by molar-refractivity contribution is 4.80. The first-order valence-corrected chi connectivity index (χ1v) is 5.98. The van der Waals surface area contributed by atoms with Crippen molar-refractivity contribution in [3.05, 3.63) is 0 Å². The Labute approximate surface area is 94.2 Å². The Morgan fingerprint density at radius 2 is 1.93 bits per heavy atom. The van der Waals surface area contributed by atoms with Gasteiger partial charge in [-0.3, -0.25) is 0 Å². The van der Waals surface area contributed by atoms with Crippen LogP contribution in [-0.2, 0) is 4.74 Å². The average molecular weight is 214 g/mol. The van der Waals surface area contributed by atoms with E-state index in [2.05, 4.69) is 38.2 Å². The van der Waals surface area contributed by atoms with Crippen LogP contribution in [0.15, 0.2) is 0 Å². The number of rotatable bonds is 5. The first kappa shape index (κ1) is 12.9. The molecule has 0 spiro atoms. The molecule has 0 aliphatic carbocycles. The van der Waals surface area contributed by atoms with Crippen LogP contribution in [0.5, 0.6) is 0 Å². The first-order valence-electron chi connectivity index (χ1n) is 5.98. The van der Waals surface area contributed by atoms with Crippen molar-refractivity contribution in [1.29, 1.82) is 0 Å². The fourth-order valence-electron chi connectivity index (χ4n) is 1.81. The topological polar surface area (TPSA) is 24.5 Å². The van der Waals surface area contributed by atoms with Crippen molar-refractivity contribution in [1.82, 2.24) is 10.2 Å². The van der Waals surface area contributed by atoms with Crippen LogP contribution in [0.4, 0.5) is 0 Å². The molecular weight excluding hydrogens is 188 g/mol. The van der Waals surface area contributed by atoms with Crippen molar-refractivity contribution in [2.24, 2.45) is 5.41 Å². The van der Waals surface area contributed by atoms with Crippen LogP contribution < -0.4 is 5.32 Å². The second kappa shape index (κ2) is 5.83. The zero-order valence-electron chi connectivity index (χ0n) is 10.7. The molecule has 0 aromatic carbocycles. The SMILES string of the molecule is CC(CNCC1(C)CCOCC1)N(C)C. The lowest BCUT2D eigenvalue weighted by molar-refractivity contribution is 0.0236. The van der Waals surface area contributed by atoms with Gasteiger partial charge in [0.1, 0.15) is 0 Å². The third kappa shape index (κ3) is 4.49. The summed E-state index contributed by atoms with van der Waals surface area (Å²) in [4.78, 5) is 2.25. The van der Waals surface area contributed by atoms with E-state index in [0.717, 1.165) is 26.3 Å². The Morgan fingerprint density at radius 1 is 1.33 bits per heavy atom. The highest BCUT2D eigenvalue weighted by Crippen LogP contribution is 2.28. The van der Waals surface area contributed by atoms with E-state index in [4.69, 9.17) is 4.74 Å². The molecule has 0 bridgehead atoms. The molecule has 1 atom stereocenters. The minimum absolute atomic E-state index is 0.449. The van der Waals surface area contributed by atoms with Gasteiger partial charge in [-0.25, -0.2) is 0 Å².